The van der Waals surface area contributed by atoms with Crippen molar-refractivity contribution in [3.05, 3.63) is 23.8 Å². The van der Waals surface area contributed by atoms with Crippen molar-refractivity contribution in [1.82, 2.24) is 10.2 Å². The molecular weight excluding hydrogens is 264 g/mol. The van der Waals surface area contributed by atoms with Gasteiger partial charge in [0.05, 0.1) is 14.2 Å². The third-order valence-corrected chi connectivity index (χ3v) is 4.08. The van der Waals surface area contributed by atoms with Crippen LogP contribution in [0.3, 0.4) is 0 Å². The van der Waals surface area contributed by atoms with Gasteiger partial charge in [-0.25, -0.2) is 0 Å². The predicted octanol–water partition coefficient (Wildman–Crippen LogP) is 2.70. The van der Waals surface area contributed by atoms with Gasteiger partial charge in [-0.2, -0.15) is 0 Å². The Labute approximate surface area is 128 Å². The predicted molar refractivity (Wildman–Crippen MR) is 86.2 cm³/mol. The molecule has 4 nitrogen and oxygen atoms in total. The van der Waals surface area contributed by atoms with Gasteiger partial charge in [0.2, 0.25) is 0 Å². The Morgan fingerprint density at radius 1 is 1.10 bits per heavy atom. The average Bonchev–Trinajstić information content (AvgIpc) is 2.52. The molecule has 2 rings (SSSR count). The van der Waals surface area contributed by atoms with Crippen molar-refractivity contribution in [2.75, 3.05) is 40.4 Å². The molecule has 1 saturated heterocycles. The number of benzene rings is 1. The minimum absolute atomic E-state index is 0.451. The number of piperazine rings is 1. The molecule has 0 spiro atoms. The molecule has 1 aromatic carbocycles. The summed E-state index contributed by atoms with van der Waals surface area (Å²) in [6, 6.07) is 6.78. The summed E-state index contributed by atoms with van der Waals surface area (Å²) in [6.45, 7) is 8.92. The van der Waals surface area contributed by atoms with Gasteiger partial charge in [-0.15, -0.1) is 0 Å². The molecule has 0 saturated carbocycles. The Morgan fingerprint density at radius 3 is 2.33 bits per heavy atom. The Morgan fingerprint density at radius 2 is 1.76 bits per heavy atom. The first-order valence-electron chi connectivity index (χ1n) is 7.82. The lowest BCUT2D eigenvalue weighted by Crippen LogP contribution is -2.45. The lowest BCUT2D eigenvalue weighted by molar-refractivity contribution is 0.154. The van der Waals surface area contributed by atoms with E-state index in [1.54, 1.807) is 14.2 Å². The van der Waals surface area contributed by atoms with E-state index in [1.165, 1.54) is 5.56 Å². The van der Waals surface area contributed by atoms with Gasteiger partial charge in [-0.05, 0) is 30.0 Å². The van der Waals surface area contributed by atoms with E-state index < -0.39 is 0 Å². The number of nitrogens with zero attached hydrogens (tertiary/aromatic N) is 1. The van der Waals surface area contributed by atoms with Crippen LogP contribution >= 0.6 is 0 Å². The van der Waals surface area contributed by atoms with Crippen LogP contribution in [0.5, 0.6) is 11.5 Å². The molecule has 1 fully saturated rings. The van der Waals surface area contributed by atoms with Crippen molar-refractivity contribution in [1.29, 1.82) is 0 Å². The fourth-order valence-corrected chi connectivity index (χ4v) is 3.00. The van der Waals surface area contributed by atoms with E-state index in [1.807, 2.05) is 6.07 Å². The minimum atomic E-state index is 0.451. The zero-order valence-corrected chi connectivity index (χ0v) is 13.7. The second kappa shape index (κ2) is 7.66. The van der Waals surface area contributed by atoms with Crippen LogP contribution in [0.25, 0.3) is 0 Å². The van der Waals surface area contributed by atoms with E-state index >= 15 is 0 Å². The van der Waals surface area contributed by atoms with Crippen molar-refractivity contribution in [2.24, 2.45) is 5.92 Å². The van der Waals surface area contributed by atoms with Gasteiger partial charge >= 0.3 is 0 Å². The molecule has 0 aliphatic carbocycles. The number of methoxy groups -OCH3 is 2. The summed E-state index contributed by atoms with van der Waals surface area (Å²) < 4.78 is 10.8. The Bertz CT molecular complexity index is 442. The van der Waals surface area contributed by atoms with Crippen LogP contribution < -0.4 is 14.8 Å². The van der Waals surface area contributed by atoms with Crippen LogP contribution in [0.15, 0.2) is 18.2 Å². The fraction of sp³-hybridized carbons (Fsp3) is 0.647. The van der Waals surface area contributed by atoms with Gasteiger partial charge in [-0.3, -0.25) is 4.90 Å². The maximum absolute atomic E-state index is 5.46. The van der Waals surface area contributed by atoms with Gasteiger partial charge in [0.25, 0.3) is 0 Å². The van der Waals surface area contributed by atoms with Gasteiger partial charge in [0.15, 0.2) is 11.5 Å². The van der Waals surface area contributed by atoms with Crippen LogP contribution in [0.4, 0.5) is 0 Å². The van der Waals surface area contributed by atoms with Crippen molar-refractivity contribution in [2.45, 2.75) is 26.3 Å². The number of ether oxygens (including phenoxy) is 2. The normalized spacial score (nSPS) is 17.8. The first-order valence-corrected chi connectivity index (χ1v) is 7.82. The molecule has 0 amide bonds. The molecule has 0 radical (unpaired) electrons. The molecule has 1 aliphatic rings. The van der Waals surface area contributed by atoms with Crippen molar-refractivity contribution < 1.29 is 9.47 Å². The zero-order valence-electron chi connectivity index (χ0n) is 13.7. The van der Waals surface area contributed by atoms with E-state index in [4.69, 9.17) is 9.47 Å². The molecule has 21 heavy (non-hydrogen) atoms. The molecule has 0 bridgehead atoms. The lowest BCUT2D eigenvalue weighted by atomic mass is 9.94. The van der Waals surface area contributed by atoms with Gasteiger partial charge in [0, 0.05) is 32.2 Å². The van der Waals surface area contributed by atoms with Gasteiger partial charge in [0.1, 0.15) is 0 Å². The second-order valence-electron chi connectivity index (χ2n) is 6.05. The molecular formula is C17H28N2O2. The van der Waals surface area contributed by atoms with E-state index in [-0.39, 0.29) is 0 Å². The van der Waals surface area contributed by atoms with E-state index in [0.717, 1.165) is 44.1 Å². The molecule has 1 N–H and O–H groups in total. The molecule has 0 unspecified atom stereocenters. The largest absolute Gasteiger partial charge is 0.493 e. The smallest absolute Gasteiger partial charge is 0.161 e. The zero-order chi connectivity index (χ0) is 15.2. The molecule has 4 heteroatoms. The number of hydrogen-bond donors (Lipinski definition) is 1. The maximum Gasteiger partial charge on any atom is 0.161 e. The van der Waals surface area contributed by atoms with Gasteiger partial charge < -0.3 is 14.8 Å². The number of nitrogens with one attached hydrogen (secondary N) is 1. The van der Waals surface area contributed by atoms with Crippen LogP contribution in [0.2, 0.25) is 0 Å². The Hall–Kier alpha value is -1.26. The third kappa shape index (κ3) is 4.11. The van der Waals surface area contributed by atoms with Crippen molar-refractivity contribution in [3.63, 3.8) is 0 Å². The van der Waals surface area contributed by atoms with Crippen molar-refractivity contribution in [3.8, 4) is 11.5 Å². The van der Waals surface area contributed by atoms with Gasteiger partial charge in [-0.1, -0.05) is 19.9 Å². The Balaban J connectivity index is 2.26. The first-order chi connectivity index (χ1) is 10.2. The molecule has 1 aliphatic heterocycles. The Kier molecular flexibility index (Phi) is 5.88. The van der Waals surface area contributed by atoms with Crippen molar-refractivity contribution >= 4 is 0 Å². The summed E-state index contributed by atoms with van der Waals surface area (Å²) in [6.07, 6.45) is 1.16. The SMILES string of the molecule is COc1ccc([C@H](CC(C)C)N2CCNCC2)cc1OC. The van der Waals surface area contributed by atoms with E-state index in [2.05, 4.69) is 36.2 Å². The molecule has 1 heterocycles. The number of rotatable bonds is 6. The number of hydrogen-bond acceptors (Lipinski definition) is 4. The summed E-state index contributed by atoms with van der Waals surface area (Å²) in [5.41, 5.74) is 1.32. The summed E-state index contributed by atoms with van der Waals surface area (Å²) in [4.78, 5) is 2.58. The van der Waals surface area contributed by atoms with E-state index in [9.17, 15) is 0 Å². The van der Waals surface area contributed by atoms with Crippen LogP contribution in [-0.4, -0.2) is 45.3 Å². The highest BCUT2D eigenvalue weighted by Crippen LogP contribution is 2.34. The van der Waals surface area contributed by atoms with E-state index in [0.29, 0.717) is 12.0 Å². The van der Waals surface area contributed by atoms with Crippen LogP contribution in [0.1, 0.15) is 31.9 Å². The lowest BCUT2D eigenvalue weighted by Gasteiger charge is -2.36. The summed E-state index contributed by atoms with van der Waals surface area (Å²) in [7, 11) is 3.38. The second-order valence-corrected chi connectivity index (χ2v) is 6.05. The topological polar surface area (TPSA) is 33.7 Å². The molecule has 1 atom stereocenters. The highest BCUT2D eigenvalue weighted by molar-refractivity contribution is 5.43. The van der Waals surface area contributed by atoms with Crippen LogP contribution in [-0.2, 0) is 0 Å². The molecule has 0 aromatic heterocycles. The van der Waals surface area contributed by atoms with Crippen LogP contribution in [0, 0.1) is 5.92 Å². The minimum Gasteiger partial charge on any atom is -0.493 e. The molecule has 118 valence electrons. The highest BCUT2D eigenvalue weighted by Gasteiger charge is 2.24. The average molecular weight is 292 g/mol. The highest BCUT2D eigenvalue weighted by atomic mass is 16.5. The fourth-order valence-electron chi connectivity index (χ4n) is 3.00. The maximum atomic E-state index is 5.46. The standard InChI is InChI=1S/C17H28N2O2/c1-13(2)11-15(19-9-7-18-8-10-19)14-5-6-16(20-3)17(12-14)21-4/h5-6,12-13,15,18H,7-11H2,1-4H3/t15-/m0/s1. The molecule has 1 aromatic rings. The summed E-state index contributed by atoms with van der Waals surface area (Å²) in [5, 5.41) is 3.43. The quantitative estimate of drug-likeness (QED) is 0.874. The first kappa shape index (κ1) is 16.1. The third-order valence-electron chi connectivity index (χ3n) is 4.08. The monoisotopic (exact) mass is 292 g/mol. The summed E-state index contributed by atoms with van der Waals surface area (Å²) in [5.74, 6) is 2.28. The summed E-state index contributed by atoms with van der Waals surface area (Å²) >= 11 is 0.